The molecule has 0 aromatic rings. The fourth-order valence-electron chi connectivity index (χ4n) is 6.07. The maximum atomic E-state index is 3.87. The first kappa shape index (κ1) is 25.1. The zero-order chi connectivity index (χ0) is 22.1. The van der Waals surface area contributed by atoms with Gasteiger partial charge in [0.25, 0.3) is 0 Å². The summed E-state index contributed by atoms with van der Waals surface area (Å²) < 4.78 is 0. The lowest BCUT2D eigenvalue weighted by atomic mass is 9.77. The molecular formula is C25H52N4. The first-order chi connectivity index (χ1) is 13.2. The van der Waals surface area contributed by atoms with Crippen LogP contribution in [0.3, 0.4) is 0 Å². The van der Waals surface area contributed by atoms with Gasteiger partial charge in [0, 0.05) is 34.2 Å². The van der Waals surface area contributed by atoms with Crippen molar-refractivity contribution in [1.29, 1.82) is 0 Å². The Morgan fingerprint density at radius 2 is 0.828 bits per heavy atom. The number of likely N-dealkylation sites (tertiary alicyclic amines) is 2. The average Bonchev–Trinajstić information content (AvgIpc) is 2.55. The molecule has 0 amide bonds. The molecule has 2 fully saturated rings. The second-order valence-electron chi connectivity index (χ2n) is 12.5. The van der Waals surface area contributed by atoms with Gasteiger partial charge in [-0.15, -0.1) is 0 Å². The average molecular weight is 409 g/mol. The second kappa shape index (κ2) is 9.14. The zero-order valence-corrected chi connectivity index (χ0v) is 21.4. The van der Waals surface area contributed by atoms with E-state index in [4.69, 9.17) is 0 Å². The van der Waals surface area contributed by atoms with Gasteiger partial charge in [-0.05, 0) is 121 Å². The Bertz CT molecular complexity index is 441. The molecule has 0 aliphatic carbocycles. The lowest BCUT2D eigenvalue weighted by Gasteiger charge is -2.54. The summed E-state index contributed by atoms with van der Waals surface area (Å²) in [7, 11) is 4.58. The number of rotatable bonds is 8. The van der Waals surface area contributed by atoms with Crippen LogP contribution >= 0.6 is 0 Å². The molecule has 0 atom stereocenters. The van der Waals surface area contributed by atoms with Gasteiger partial charge in [-0.2, -0.15) is 0 Å². The summed E-state index contributed by atoms with van der Waals surface area (Å²) in [5.41, 5.74) is 1.11. The Balaban J connectivity index is 1.62. The van der Waals surface area contributed by atoms with Crippen LogP contribution in [-0.2, 0) is 0 Å². The smallest absolute Gasteiger partial charge is 0.0170 e. The van der Waals surface area contributed by atoms with Gasteiger partial charge < -0.3 is 10.6 Å². The van der Waals surface area contributed by atoms with E-state index in [2.05, 4.69) is 89.9 Å². The highest BCUT2D eigenvalue weighted by Gasteiger charge is 2.43. The highest BCUT2D eigenvalue weighted by Crippen LogP contribution is 2.37. The summed E-state index contributed by atoms with van der Waals surface area (Å²) in [4.78, 5) is 5.13. The largest absolute Gasteiger partial charge is 0.314 e. The van der Waals surface area contributed by atoms with E-state index in [1.54, 1.807) is 0 Å². The van der Waals surface area contributed by atoms with Crippen molar-refractivity contribution in [2.24, 2.45) is 0 Å². The topological polar surface area (TPSA) is 30.5 Å². The molecule has 0 bridgehead atoms. The molecule has 0 saturated carbocycles. The van der Waals surface area contributed by atoms with Crippen LogP contribution in [0.4, 0.5) is 0 Å². The van der Waals surface area contributed by atoms with Crippen molar-refractivity contribution in [3.05, 3.63) is 0 Å². The number of nitrogens with zero attached hydrogens (tertiary/aromatic N) is 2. The summed E-state index contributed by atoms with van der Waals surface area (Å²) >= 11 is 0. The molecule has 0 aromatic heterocycles. The van der Waals surface area contributed by atoms with Gasteiger partial charge in [0.15, 0.2) is 0 Å². The molecule has 29 heavy (non-hydrogen) atoms. The summed E-state index contributed by atoms with van der Waals surface area (Å²) in [5, 5.41) is 7.73. The summed E-state index contributed by atoms with van der Waals surface area (Å²) in [6.45, 7) is 21.4. The molecule has 2 heterocycles. The monoisotopic (exact) mass is 408 g/mol. The molecule has 172 valence electrons. The van der Waals surface area contributed by atoms with Crippen LogP contribution in [0.5, 0.6) is 0 Å². The van der Waals surface area contributed by atoms with Crippen LogP contribution < -0.4 is 10.6 Å². The normalized spacial score (nSPS) is 27.9. The van der Waals surface area contributed by atoms with Crippen molar-refractivity contribution in [1.82, 2.24) is 20.4 Å². The number of hydrogen-bond donors (Lipinski definition) is 2. The van der Waals surface area contributed by atoms with Crippen molar-refractivity contribution in [2.45, 2.75) is 135 Å². The minimum absolute atomic E-state index is 0.277. The third-order valence-corrected chi connectivity index (χ3v) is 8.34. The van der Waals surface area contributed by atoms with Crippen molar-refractivity contribution in [3.8, 4) is 0 Å². The van der Waals surface area contributed by atoms with Crippen LogP contribution in [0.15, 0.2) is 0 Å². The lowest BCUT2D eigenvalue weighted by Crippen LogP contribution is -2.62. The van der Waals surface area contributed by atoms with Gasteiger partial charge in [0.2, 0.25) is 0 Å². The summed E-state index contributed by atoms with van der Waals surface area (Å²) in [6, 6.07) is 1.30. The van der Waals surface area contributed by atoms with Gasteiger partial charge in [0.1, 0.15) is 0 Å². The van der Waals surface area contributed by atoms with Crippen molar-refractivity contribution in [3.63, 3.8) is 0 Å². The van der Waals surface area contributed by atoms with Crippen LogP contribution in [-0.4, -0.2) is 71.2 Å². The summed E-state index contributed by atoms with van der Waals surface area (Å²) in [6.07, 6.45) is 8.89. The highest BCUT2D eigenvalue weighted by atomic mass is 15.3. The van der Waals surface area contributed by atoms with E-state index >= 15 is 0 Å². The van der Waals surface area contributed by atoms with E-state index in [1.165, 1.54) is 44.9 Å². The standard InChI is InChI=1S/C25H52N4/c1-22(2)16-20(17-23(3,4)28(22)9)26-14-12-11-13-15-27-21-18-24(5,6)29(10)25(7,8)19-21/h20-21,26-27H,11-19H2,1-10H3. The minimum atomic E-state index is 0.277. The number of unbranched alkanes of at least 4 members (excludes halogenated alkanes) is 2. The summed E-state index contributed by atoms with van der Waals surface area (Å²) in [5.74, 6) is 0. The molecule has 2 aliphatic heterocycles. The molecule has 0 unspecified atom stereocenters. The van der Waals surface area contributed by atoms with Gasteiger partial charge in [-0.25, -0.2) is 0 Å². The molecule has 4 heteroatoms. The first-order valence-electron chi connectivity index (χ1n) is 12.1. The van der Waals surface area contributed by atoms with Gasteiger partial charge in [-0.3, -0.25) is 9.80 Å². The highest BCUT2D eigenvalue weighted by molar-refractivity contribution is 5.01. The van der Waals surface area contributed by atoms with Crippen LogP contribution in [0, 0.1) is 0 Å². The second-order valence-corrected chi connectivity index (χ2v) is 12.5. The Morgan fingerprint density at radius 3 is 1.10 bits per heavy atom. The molecular weight excluding hydrogens is 356 g/mol. The maximum Gasteiger partial charge on any atom is 0.0170 e. The van der Waals surface area contributed by atoms with Gasteiger partial charge in [-0.1, -0.05) is 6.42 Å². The van der Waals surface area contributed by atoms with Gasteiger partial charge >= 0.3 is 0 Å². The Kier molecular flexibility index (Phi) is 7.91. The third kappa shape index (κ3) is 6.41. The third-order valence-electron chi connectivity index (χ3n) is 8.34. The predicted octanol–water partition coefficient (Wildman–Crippen LogP) is 4.64. The zero-order valence-electron chi connectivity index (χ0n) is 21.4. The molecule has 0 radical (unpaired) electrons. The molecule has 0 spiro atoms. The van der Waals surface area contributed by atoms with E-state index in [1.807, 2.05) is 0 Å². The lowest BCUT2D eigenvalue weighted by molar-refractivity contribution is -0.0180. The van der Waals surface area contributed by atoms with E-state index in [-0.39, 0.29) is 22.2 Å². The number of nitrogens with one attached hydrogen (secondary N) is 2. The minimum Gasteiger partial charge on any atom is -0.314 e. The quantitative estimate of drug-likeness (QED) is 0.573. The van der Waals surface area contributed by atoms with E-state index in [0.29, 0.717) is 12.1 Å². The van der Waals surface area contributed by atoms with Crippen molar-refractivity contribution in [2.75, 3.05) is 27.2 Å². The predicted molar refractivity (Wildman–Crippen MR) is 128 cm³/mol. The van der Waals surface area contributed by atoms with E-state index < -0.39 is 0 Å². The van der Waals surface area contributed by atoms with Crippen LogP contribution in [0.2, 0.25) is 0 Å². The molecule has 2 aliphatic rings. The Morgan fingerprint density at radius 1 is 0.552 bits per heavy atom. The van der Waals surface area contributed by atoms with Crippen LogP contribution in [0.1, 0.15) is 100 Å². The van der Waals surface area contributed by atoms with E-state index in [9.17, 15) is 0 Å². The van der Waals surface area contributed by atoms with Gasteiger partial charge in [0.05, 0.1) is 0 Å². The molecule has 0 aromatic carbocycles. The molecule has 2 rings (SSSR count). The molecule has 4 nitrogen and oxygen atoms in total. The fraction of sp³-hybridized carbons (Fsp3) is 1.00. The SMILES string of the molecule is CN1C(C)(C)CC(NCCCCCNC2CC(C)(C)N(C)C(C)(C)C2)CC1(C)C. The Labute approximate surface area is 182 Å². The molecule has 2 N–H and O–H groups in total. The van der Waals surface area contributed by atoms with Crippen LogP contribution in [0.25, 0.3) is 0 Å². The van der Waals surface area contributed by atoms with Crippen molar-refractivity contribution >= 4 is 0 Å². The Hall–Kier alpha value is -0.160. The van der Waals surface area contributed by atoms with E-state index in [0.717, 1.165) is 13.1 Å². The maximum absolute atomic E-state index is 3.87. The fourth-order valence-corrected chi connectivity index (χ4v) is 6.07. The molecule has 2 saturated heterocycles. The van der Waals surface area contributed by atoms with Crippen molar-refractivity contribution < 1.29 is 0 Å². The number of piperidine rings is 2. The first-order valence-corrected chi connectivity index (χ1v) is 12.1. The number of hydrogen-bond acceptors (Lipinski definition) is 4.